The van der Waals surface area contributed by atoms with E-state index in [-0.39, 0.29) is 0 Å². The van der Waals surface area contributed by atoms with Crippen LogP contribution in [0, 0.1) is 0 Å². The van der Waals surface area contributed by atoms with Crippen LogP contribution in [-0.2, 0) is 5.75 Å². The third kappa shape index (κ3) is 3.71. The van der Waals surface area contributed by atoms with E-state index in [1.807, 2.05) is 36.5 Å². The molecule has 0 bridgehead atoms. The minimum atomic E-state index is 0.794. The lowest BCUT2D eigenvalue weighted by Crippen LogP contribution is -1.99. The molecule has 2 aromatic heterocycles. The zero-order chi connectivity index (χ0) is 17.8. The quantitative estimate of drug-likeness (QED) is 0.404. The molecular formula is C20H15BrN4S. The first kappa shape index (κ1) is 17.0. The Hall–Kier alpha value is -2.44. The van der Waals surface area contributed by atoms with Crippen molar-refractivity contribution in [3.63, 3.8) is 0 Å². The van der Waals surface area contributed by atoms with Gasteiger partial charge in [-0.05, 0) is 42.0 Å². The van der Waals surface area contributed by atoms with Gasteiger partial charge in [0.05, 0.1) is 0 Å². The topological polar surface area (TPSA) is 43.6 Å². The summed E-state index contributed by atoms with van der Waals surface area (Å²) in [5, 5.41) is 9.73. The van der Waals surface area contributed by atoms with Crippen LogP contribution in [0.4, 0.5) is 0 Å². The molecule has 0 aliphatic carbocycles. The van der Waals surface area contributed by atoms with E-state index in [0.717, 1.165) is 32.5 Å². The number of hydrogen-bond donors (Lipinski definition) is 0. The van der Waals surface area contributed by atoms with Crippen molar-refractivity contribution in [1.82, 2.24) is 19.7 Å². The van der Waals surface area contributed by atoms with Gasteiger partial charge in [-0.3, -0.25) is 9.55 Å². The van der Waals surface area contributed by atoms with E-state index in [1.54, 1.807) is 18.0 Å². The molecule has 4 nitrogen and oxygen atoms in total. The Morgan fingerprint density at radius 2 is 1.69 bits per heavy atom. The average molecular weight is 423 g/mol. The normalized spacial score (nSPS) is 10.8. The maximum absolute atomic E-state index is 4.44. The van der Waals surface area contributed by atoms with Gasteiger partial charge in [-0.2, -0.15) is 0 Å². The molecule has 0 spiro atoms. The van der Waals surface area contributed by atoms with Gasteiger partial charge in [0.1, 0.15) is 0 Å². The Kier molecular flexibility index (Phi) is 5.13. The first-order valence-corrected chi connectivity index (χ1v) is 9.87. The molecule has 4 rings (SSSR count). The molecule has 0 saturated carbocycles. The van der Waals surface area contributed by atoms with Gasteiger partial charge in [0.25, 0.3) is 0 Å². The summed E-state index contributed by atoms with van der Waals surface area (Å²) in [4.78, 5) is 4.21. The highest BCUT2D eigenvalue weighted by Gasteiger charge is 2.16. The summed E-state index contributed by atoms with van der Waals surface area (Å²) in [6.07, 6.45) is 3.57. The van der Waals surface area contributed by atoms with Crippen LogP contribution >= 0.6 is 27.7 Å². The van der Waals surface area contributed by atoms with Crippen molar-refractivity contribution in [2.75, 3.05) is 0 Å². The number of thioether (sulfide) groups is 1. The minimum Gasteiger partial charge on any atom is -0.270 e. The molecule has 26 heavy (non-hydrogen) atoms. The van der Waals surface area contributed by atoms with Crippen molar-refractivity contribution in [2.45, 2.75) is 10.9 Å². The van der Waals surface area contributed by atoms with Crippen LogP contribution < -0.4 is 0 Å². The molecule has 0 radical (unpaired) electrons. The summed E-state index contributed by atoms with van der Waals surface area (Å²) in [6.45, 7) is 0. The fourth-order valence-corrected chi connectivity index (χ4v) is 3.76. The lowest BCUT2D eigenvalue weighted by atomic mass is 10.2. The monoisotopic (exact) mass is 422 g/mol. The number of hydrogen-bond acceptors (Lipinski definition) is 4. The summed E-state index contributed by atoms with van der Waals surface area (Å²) in [5.41, 5.74) is 3.22. The number of benzene rings is 2. The van der Waals surface area contributed by atoms with Crippen LogP contribution in [0.3, 0.4) is 0 Å². The van der Waals surface area contributed by atoms with Gasteiger partial charge in [0.15, 0.2) is 11.0 Å². The molecule has 2 heterocycles. The second kappa shape index (κ2) is 7.85. The Balaban J connectivity index is 1.70. The summed E-state index contributed by atoms with van der Waals surface area (Å²) in [7, 11) is 0. The van der Waals surface area contributed by atoms with E-state index >= 15 is 0 Å². The van der Waals surface area contributed by atoms with E-state index in [4.69, 9.17) is 0 Å². The summed E-state index contributed by atoms with van der Waals surface area (Å²) >= 11 is 5.14. The SMILES string of the molecule is Brc1ccc(CSc2nnc(-c3cccnc3)n2-c2ccccc2)cc1. The lowest BCUT2D eigenvalue weighted by molar-refractivity contribution is 0.886. The van der Waals surface area contributed by atoms with E-state index in [2.05, 4.69) is 72.1 Å². The van der Waals surface area contributed by atoms with Gasteiger partial charge in [-0.15, -0.1) is 10.2 Å². The van der Waals surface area contributed by atoms with E-state index in [0.29, 0.717) is 0 Å². The lowest BCUT2D eigenvalue weighted by Gasteiger charge is -2.10. The summed E-state index contributed by atoms with van der Waals surface area (Å²) < 4.78 is 3.16. The van der Waals surface area contributed by atoms with Gasteiger partial charge in [0.2, 0.25) is 0 Å². The molecule has 0 N–H and O–H groups in total. The average Bonchev–Trinajstić information content (AvgIpc) is 3.13. The molecule has 0 saturated heterocycles. The summed E-state index contributed by atoms with van der Waals surface area (Å²) in [6, 6.07) is 22.4. The van der Waals surface area contributed by atoms with Gasteiger partial charge < -0.3 is 0 Å². The van der Waals surface area contributed by atoms with Crippen molar-refractivity contribution < 1.29 is 0 Å². The Morgan fingerprint density at radius 3 is 2.42 bits per heavy atom. The van der Waals surface area contributed by atoms with Crippen LogP contribution in [0.25, 0.3) is 17.1 Å². The van der Waals surface area contributed by atoms with Crippen molar-refractivity contribution >= 4 is 27.7 Å². The standard InChI is InChI=1S/C20H15BrN4S/c21-17-10-8-15(9-11-17)14-26-20-24-23-19(16-5-4-12-22-13-16)25(20)18-6-2-1-3-7-18/h1-13H,14H2. The van der Waals surface area contributed by atoms with Gasteiger partial charge in [0, 0.05) is 33.9 Å². The van der Waals surface area contributed by atoms with E-state index in [1.165, 1.54) is 5.56 Å². The molecule has 2 aromatic carbocycles. The number of para-hydroxylation sites is 1. The molecule has 0 aliphatic rings. The van der Waals surface area contributed by atoms with Crippen LogP contribution in [0.2, 0.25) is 0 Å². The second-order valence-electron chi connectivity index (χ2n) is 5.63. The smallest absolute Gasteiger partial charge is 0.196 e. The fourth-order valence-electron chi connectivity index (χ4n) is 2.58. The van der Waals surface area contributed by atoms with Crippen LogP contribution in [0.5, 0.6) is 0 Å². The molecule has 128 valence electrons. The Morgan fingerprint density at radius 1 is 0.885 bits per heavy atom. The van der Waals surface area contributed by atoms with E-state index < -0.39 is 0 Å². The molecular weight excluding hydrogens is 408 g/mol. The van der Waals surface area contributed by atoms with Crippen LogP contribution in [0.15, 0.2) is 88.8 Å². The second-order valence-corrected chi connectivity index (χ2v) is 7.49. The fraction of sp³-hybridized carbons (Fsp3) is 0.0500. The molecule has 0 atom stereocenters. The molecule has 4 aromatic rings. The maximum Gasteiger partial charge on any atom is 0.196 e. The molecule has 0 amide bonds. The highest BCUT2D eigenvalue weighted by Crippen LogP contribution is 2.29. The zero-order valence-electron chi connectivity index (χ0n) is 13.8. The van der Waals surface area contributed by atoms with Crippen molar-refractivity contribution in [3.05, 3.63) is 89.2 Å². The largest absolute Gasteiger partial charge is 0.270 e. The first-order valence-electron chi connectivity index (χ1n) is 8.10. The maximum atomic E-state index is 4.44. The number of rotatable bonds is 5. The third-order valence-electron chi connectivity index (χ3n) is 3.85. The van der Waals surface area contributed by atoms with Crippen LogP contribution in [0.1, 0.15) is 5.56 Å². The van der Waals surface area contributed by atoms with Crippen LogP contribution in [-0.4, -0.2) is 19.7 Å². The zero-order valence-corrected chi connectivity index (χ0v) is 16.2. The number of aromatic nitrogens is 4. The van der Waals surface area contributed by atoms with Crippen molar-refractivity contribution in [3.8, 4) is 17.1 Å². The molecule has 6 heteroatoms. The Labute approximate surface area is 164 Å². The van der Waals surface area contributed by atoms with Crippen molar-refractivity contribution in [2.24, 2.45) is 0 Å². The summed E-state index contributed by atoms with van der Waals surface area (Å²) in [5.74, 6) is 1.62. The molecule has 0 aliphatic heterocycles. The van der Waals surface area contributed by atoms with Gasteiger partial charge in [-0.25, -0.2) is 0 Å². The first-order chi connectivity index (χ1) is 12.8. The number of halogens is 1. The molecule has 0 unspecified atom stereocenters. The predicted octanol–water partition coefficient (Wildman–Crippen LogP) is 5.38. The molecule has 0 fully saturated rings. The van der Waals surface area contributed by atoms with Crippen molar-refractivity contribution in [1.29, 1.82) is 0 Å². The highest BCUT2D eigenvalue weighted by molar-refractivity contribution is 9.10. The van der Waals surface area contributed by atoms with E-state index in [9.17, 15) is 0 Å². The predicted molar refractivity (Wildman–Crippen MR) is 108 cm³/mol. The minimum absolute atomic E-state index is 0.794. The number of pyridine rings is 1. The number of nitrogens with zero attached hydrogens (tertiary/aromatic N) is 4. The third-order valence-corrected chi connectivity index (χ3v) is 5.38. The van der Waals surface area contributed by atoms with Gasteiger partial charge in [-0.1, -0.05) is 58.0 Å². The van der Waals surface area contributed by atoms with Gasteiger partial charge >= 0.3 is 0 Å². The Bertz CT molecular complexity index is 986. The highest BCUT2D eigenvalue weighted by atomic mass is 79.9.